The number of hydrogen-bond acceptors (Lipinski definition) is 8. The number of rotatable bonds is 9. The first-order valence-corrected chi connectivity index (χ1v) is 14.2. The second kappa shape index (κ2) is 9.84. The number of imidazole rings is 1. The standard InChI is InChI=1S/C21H25IN6O3S2/c1-12(2)10-33(30,31)26-6-3-7-28-20-18(19(23)24-11-25-20)27-21(28)32-17-9-14-13(8-15(17)22)4-5-16(14)29/h8-9,11-12,26H,3-7,10H2,1-2H3,(H2,23,24,25). The molecule has 9 nitrogen and oxygen atoms in total. The van der Waals surface area contributed by atoms with Crippen LogP contribution in [0.3, 0.4) is 0 Å². The van der Waals surface area contributed by atoms with Crippen LogP contribution in [0.15, 0.2) is 28.5 Å². The van der Waals surface area contributed by atoms with Gasteiger partial charge in [-0.2, -0.15) is 0 Å². The van der Waals surface area contributed by atoms with E-state index < -0.39 is 10.0 Å². The second-order valence-electron chi connectivity index (χ2n) is 8.37. The summed E-state index contributed by atoms with van der Waals surface area (Å²) in [6.07, 6.45) is 3.29. The van der Waals surface area contributed by atoms with Gasteiger partial charge < -0.3 is 10.3 Å². The SMILES string of the molecule is CC(C)CS(=O)(=O)NCCCn1c(Sc2cc3c(cc2I)CCC3=O)nc2c(N)ncnc21. The summed E-state index contributed by atoms with van der Waals surface area (Å²) in [5.74, 6) is 0.614. The molecule has 0 aliphatic heterocycles. The van der Waals surface area contributed by atoms with Gasteiger partial charge in [-0.25, -0.2) is 28.1 Å². The highest BCUT2D eigenvalue weighted by Gasteiger charge is 2.23. The molecule has 33 heavy (non-hydrogen) atoms. The quantitative estimate of drug-likeness (QED) is 0.283. The molecule has 176 valence electrons. The molecular weight excluding hydrogens is 575 g/mol. The minimum atomic E-state index is -3.31. The number of nitrogens with two attached hydrogens (primary N) is 1. The summed E-state index contributed by atoms with van der Waals surface area (Å²) in [6.45, 7) is 4.56. The third-order valence-electron chi connectivity index (χ3n) is 5.24. The number of sulfonamides is 1. The molecule has 0 radical (unpaired) electrons. The van der Waals surface area contributed by atoms with Crippen molar-refractivity contribution in [1.29, 1.82) is 0 Å². The van der Waals surface area contributed by atoms with Crippen molar-refractivity contribution in [3.63, 3.8) is 0 Å². The molecule has 0 saturated carbocycles. The zero-order valence-corrected chi connectivity index (χ0v) is 22.1. The van der Waals surface area contributed by atoms with Crippen molar-refractivity contribution in [2.45, 2.75) is 49.7 Å². The summed E-state index contributed by atoms with van der Waals surface area (Å²) in [5, 5.41) is 0.672. The largest absolute Gasteiger partial charge is 0.382 e. The Kier molecular flexibility index (Phi) is 7.26. The first-order valence-electron chi connectivity index (χ1n) is 10.6. The number of Topliss-reactive ketones (excluding diaryl/α,β-unsaturated/α-hetero) is 1. The predicted molar refractivity (Wildman–Crippen MR) is 137 cm³/mol. The van der Waals surface area contributed by atoms with Gasteiger partial charge in [0.25, 0.3) is 0 Å². The van der Waals surface area contributed by atoms with Crippen LogP contribution in [-0.4, -0.2) is 46.0 Å². The summed E-state index contributed by atoms with van der Waals surface area (Å²) >= 11 is 3.72. The van der Waals surface area contributed by atoms with E-state index in [1.165, 1.54) is 18.1 Å². The van der Waals surface area contributed by atoms with Crippen LogP contribution in [0.1, 0.15) is 42.6 Å². The van der Waals surface area contributed by atoms with Gasteiger partial charge in [-0.3, -0.25) is 4.79 Å². The molecule has 0 saturated heterocycles. The van der Waals surface area contributed by atoms with Gasteiger partial charge in [0.05, 0.1) is 5.75 Å². The number of carbonyl (C=O) groups is 1. The molecular formula is C21H25IN6O3S2. The van der Waals surface area contributed by atoms with E-state index in [1.807, 2.05) is 24.5 Å². The van der Waals surface area contributed by atoms with E-state index in [0.29, 0.717) is 42.3 Å². The van der Waals surface area contributed by atoms with Crippen LogP contribution in [0.2, 0.25) is 0 Å². The lowest BCUT2D eigenvalue weighted by atomic mass is 10.1. The summed E-state index contributed by atoms with van der Waals surface area (Å²) in [7, 11) is -3.31. The fourth-order valence-corrected chi connectivity index (χ4v) is 7.06. The van der Waals surface area contributed by atoms with Crippen LogP contribution in [0.5, 0.6) is 0 Å². The van der Waals surface area contributed by atoms with Gasteiger partial charge >= 0.3 is 0 Å². The molecule has 0 spiro atoms. The summed E-state index contributed by atoms with van der Waals surface area (Å²) < 4.78 is 29.9. The highest BCUT2D eigenvalue weighted by molar-refractivity contribution is 14.1. The van der Waals surface area contributed by atoms with Gasteiger partial charge in [0, 0.05) is 33.5 Å². The van der Waals surface area contributed by atoms with Crippen molar-refractivity contribution < 1.29 is 13.2 Å². The van der Waals surface area contributed by atoms with Gasteiger partial charge in [0.1, 0.15) is 6.33 Å². The number of fused-ring (bicyclic) bond motifs is 2. The number of benzene rings is 1. The van der Waals surface area contributed by atoms with E-state index in [-0.39, 0.29) is 23.3 Å². The zero-order valence-electron chi connectivity index (χ0n) is 18.3. The van der Waals surface area contributed by atoms with Gasteiger partial charge in [0.2, 0.25) is 10.0 Å². The van der Waals surface area contributed by atoms with Crippen molar-refractivity contribution in [2.75, 3.05) is 18.0 Å². The molecule has 12 heteroatoms. The Labute approximate surface area is 210 Å². The molecule has 0 amide bonds. The van der Waals surface area contributed by atoms with Gasteiger partial charge in [-0.15, -0.1) is 0 Å². The molecule has 3 N–H and O–H groups in total. The first kappa shape index (κ1) is 24.4. The van der Waals surface area contributed by atoms with Crippen molar-refractivity contribution in [3.8, 4) is 0 Å². The smallest absolute Gasteiger partial charge is 0.211 e. The normalized spacial score (nSPS) is 13.9. The monoisotopic (exact) mass is 600 g/mol. The first-order chi connectivity index (χ1) is 15.6. The van der Waals surface area contributed by atoms with E-state index >= 15 is 0 Å². The number of anilines is 1. The topological polar surface area (TPSA) is 133 Å². The summed E-state index contributed by atoms with van der Waals surface area (Å²) in [6, 6.07) is 4.00. The Bertz CT molecular complexity index is 1320. The van der Waals surface area contributed by atoms with E-state index in [2.05, 4.69) is 48.3 Å². The van der Waals surface area contributed by atoms with Gasteiger partial charge in [-0.1, -0.05) is 25.6 Å². The van der Waals surface area contributed by atoms with Crippen LogP contribution in [0.4, 0.5) is 5.82 Å². The molecule has 4 rings (SSSR count). The molecule has 1 aromatic carbocycles. The number of carbonyl (C=O) groups excluding carboxylic acids is 1. The van der Waals surface area contributed by atoms with Crippen LogP contribution < -0.4 is 10.5 Å². The maximum Gasteiger partial charge on any atom is 0.211 e. The fraction of sp³-hybridized carbons (Fsp3) is 0.429. The van der Waals surface area contributed by atoms with Gasteiger partial charge in [0.15, 0.2) is 27.9 Å². The van der Waals surface area contributed by atoms with Crippen LogP contribution in [0.25, 0.3) is 11.2 Å². The molecule has 0 bridgehead atoms. The highest BCUT2D eigenvalue weighted by Crippen LogP contribution is 2.37. The average molecular weight is 601 g/mol. The number of nitrogen functional groups attached to an aromatic ring is 1. The number of halogens is 1. The number of nitrogens with one attached hydrogen (secondary N) is 1. The number of aromatic nitrogens is 4. The van der Waals surface area contributed by atoms with Crippen molar-refractivity contribution in [2.24, 2.45) is 5.92 Å². The predicted octanol–water partition coefficient (Wildman–Crippen LogP) is 3.26. The van der Waals surface area contributed by atoms with E-state index in [9.17, 15) is 13.2 Å². The number of aryl methyl sites for hydroxylation is 2. The molecule has 1 aliphatic rings. The lowest BCUT2D eigenvalue weighted by Gasteiger charge is -2.12. The number of hydrogen-bond donors (Lipinski definition) is 2. The van der Waals surface area contributed by atoms with E-state index in [1.54, 1.807) is 0 Å². The highest BCUT2D eigenvalue weighted by atomic mass is 127. The lowest BCUT2D eigenvalue weighted by molar-refractivity contribution is 0.0994. The number of ketones is 1. The molecule has 3 aromatic rings. The zero-order chi connectivity index (χ0) is 23.8. The number of nitrogens with zero attached hydrogens (tertiary/aromatic N) is 4. The minimum absolute atomic E-state index is 0.0597. The minimum Gasteiger partial charge on any atom is -0.382 e. The Morgan fingerprint density at radius 2 is 2.06 bits per heavy atom. The maximum atomic E-state index is 12.2. The van der Waals surface area contributed by atoms with Crippen LogP contribution >= 0.6 is 34.4 Å². The summed E-state index contributed by atoms with van der Waals surface area (Å²) in [5.41, 5.74) is 9.01. The molecule has 0 unspecified atom stereocenters. The van der Waals surface area contributed by atoms with Crippen molar-refractivity contribution in [3.05, 3.63) is 33.2 Å². The Morgan fingerprint density at radius 1 is 1.27 bits per heavy atom. The van der Waals surface area contributed by atoms with E-state index in [4.69, 9.17) is 5.73 Å². The third-order valence-corrected chi connectivity index (χ3v) is 9.30. The fourth-order valence-electron chi connectivity index (χ4n) is 3.80. The van der Waals surface area contributed by atoms with E-state index in [0.717, 1.165) is 26.0 Å². The van der Waals surface area contributed by atoms with Crippen LogP contribution in [0, 0.1) is 9.49 Å². The third kappa shape index (κ3) is 5.49. The maximum absolute atomic E-state index is 12.2. The van der Waals surface area contributed by atoms with Crippen molar-refractivity contribution >= 4 is 67.1 Å². The Morgan fingerprint density at radius 3 is 2.82 bits per heavy atom. The Hall–Kier alpha value is -1.77. The molecule has 0 atom stereocenters. The molecule has 2 aromatic heterocycles. The second-order valence-corrected chi connectivity index (χ2v) is 12.4. The van der Waals surface area contributed by atoms with Crippen molar-refractivity contribution in [1.82, 2.24) is 24.2 Å². The lowest BCUT2D eigenvalue weighted by Crippen LogP contribution is -2.29. The molecule has 0 fully saturated rings. The average Bonchev–Trinajstić information content (AvgIpc) is 3.26. The molecule has 1 aliphatic carbocycles. The summed E-state index contributed by atoms with van der Waals surface area (Å²) in [4.78, 5) is 26.3. The Balaban J connectivity index is 1.59. The molecule has 2 heterocycles. The van der Waals surface area contributed by atoms with Crippen LogP contribution in [-0.2, 0) is 23.0 Å². The van der Waals surface area contributed by atoms with Gasteiger partial charge in [-0.05, 0) is 59.0 Å².